The van der Waals surface area contributed by atoms with Crippen LogP contribution in [-0.2, 0) is 9.53 Å². The largest absolute Gasteiger partial charge is 0.380 e. The molecule has 6 heteroatoms. The molecule has 3 rings (SSSR count). The molecule has 88 valence electrons. The summed E-state index contributed by atoms with van der Waals surface area (Å²) in [5.74, 6) is 0.606. The maximum atomic E-state index is 11.7. The summed E-state index contributed by atoms with van der Waals surface area (Å²) in [6, 6.07) is 3.84. The highest BCUT2D eigenvalue weighted by Crippen LogP contribution is 2.26. The summed E-state index contributed by atoms with van der Waals surface area (Å²) in [6.07, 6.45) is 0.418. The van der Waals surface area contributed by atoms with E-state index in [4.69, 9.17) is 9.26 Å². The number of carbonyl (C=O) groups excluding carboxylic acids is 1. The van der Waals surface area contributed by atoms with Crippen LogP contribution in [-0.4, -0.2) is 29.1 Å². The summed E-state index contributed by atoms with van der Waals surface area (Å²) >= 11 is 1.54. The molecule has 2 aromatic rings. The van der Waals surface area contributed by atoms with Gasteiger partial charge in [-0.15, -0.1) is 11.3 Å². The van der Waals surface area contributed by atoms with E-state index in [1.807, 2.05) is 17.5 Å². The lowest BCUT2D eigenvalue weighted by Crippen LogP contribution is -2.25. The van der Waals surface area contributed by atoms with Crippen molar-refractivity contribution in [2.24, 2.45) is 0 Å². The van der Waals surface area contributed by atoms with Crippen LogP contribution < -0.4 is 0 Å². The first kappa shape index (κ1) is 10.6. The Bertz CT molecular complexity index is 521. The van der Waals surface area contributed by atoms with Crippen molar-refractivity contribution in [3.8, 4) is 10.7 Å². The van der Waals surface area contributed by atoms with Gasteiger partial charge in [0.1, 0.15) is 11.7 Å². The number of aromatic nitrogens is 2. The van der Waals surface area contributed by atoms with Crippen LogP contribution in [0.15, 0.2) is 22.0 Å². The average Bonchev–Trinajstić information content (AvgIpc) is 3.00. The van der Waals surface area contributed by atoms with E-state index in [1.54, 1.807) is 0 Å². The molecule has 5 nitrogen and oxygen atoms in total. The molecule has 0 aliphatic carbocycles. The second-order valence-corrected chi connectivity index (χ2v) is 4.73. The highest BCUT2D eigenvalue weighted by atomic mass is 32.1. The molecule has 1 unspecified atom stereocenters. The molecule has 0 aromatic carbocycles. The molecule has 0 radical (unpaired) electrons. The fourth-order valence-corrected chi connectivity index (χ4v) is 2.38. The number of hydrogen-bond donors (Lipinski definition) is 0. The zero-order chi connectivity index (χ0) is 11.7. The standard InChI is InChI=1S/C11H10N2O3S/c14-8-3-4-15-6-7(8)11-12-10(13-16-11)9-2-1-5-17-9/h1-2,5,7H,3-4,6H2. The minimum atomic E-state index is -0.398. The smallest absolute Gasteiger partial charge is 0.239 e. The van der Waals surface area contributed by atoms with E-state index in [9.17, 15) is 4.79 Å². The monoisotopic (exact) mass is 250 g/mol. The lowest BCUT2D eigenvalue weighted by molar-refractivity contribution is -0.127. The number of thiophene rings is 1. The number of ether oxygens (including phenoxy) is 1. The van der Waals surface area contributed by atoms with Crippen LogP contribution in [0.4, 0.5) is 0 Å². The predicted molar refractivity (Wildman–Crippen MR) is 60.8 cm³/mol. The van der Waals surface area contributed by atoms with Gasteiger partial charge < -0.3 is 9.26 Å². The summed E-state index contributed by atoms with van der Waals surface area (Å²) in [7, 11) is 0. The fraction of sp³-hybridized carbons (Fsp3) is 0.364. The second kappa shape index (κ2) is 4.38. The van der Waals surface area contributed by atoms with Crippen LogP contribution >= 0.6 is 11.3 Å². The molecule has 0 bridgehead atoms. The van der Waals surface area contributed by atoms with Crippen LogP contribution in [0, 0.1) is 0 Å². The Morgan fingerprint density at radius 1 is 1.47 bits per heavy atom. The van der Waals surface area contributed by atoms with Crippen molar-refractivity contribution in [2.75, 3.05) is 13.2 Å². The van der Waals surface area contributed by atoms with E-state index in [2.05, 4.69) is 10.1 Å². The minimum Gasteiger partial charge on any atom is -0.380 e. The molecule has 1 aliphatic rings. The van der Waals surface area contributed by atoms with Gasteiger partial charge in [0.25, 0.3) is 0 Å². The van der Waals surface area contributed by atoms with E-state index in [-0.39, 0.29) is 5.78 Å². The molecule has 1 aliphatic heterocycles. The van der Waals surface area contributed by atoms with Crippen molar-refractivity contribution in [1.82, 2.24) is 10.1 Å². The van der Waals surface area contributed by atoms with Gasteiger partial charge in [0.15, 0.2) is 0 Å². The van der Waals surface area contributed by atoms with Crippen molar-refractivity contribution in [3.63, 3.8) is 0 Å². The van der Waals surface area contributed by atoms with Gasteiger partial charge in [0.05, 0.1) is 18.1 Å². The molecule has 0 spiro atoms. The third-order valence-corrected chi connectivity index (χ3v) is 3.51. The van der Waals surface area contributed by atoms with Crippen molar-refractivity contribution in [1.29, 1.82) is 0 Å². The molecule has 1 saturated heterocycles. The normalized spacial score (nSPS) is 20.7. The lowest BCUT2D eigenvalue weighted by atomic mass is 10.0. The molecular formula is C11H10N2O3S. The van der Waals surface area contributed by atoms with Gasteiger partial charge in [-0.2, -0.15) is 4.98 Å². The van der Waals surface area contributed by atoms with Gasteiger partial charge in [-0.05, 0) is 11.4 Å². The minimum absolute atomic E-state index is 0.109. The van der Waals surface area contributed by atoms with E-state index >= 15 is 0 Å². The zero-order valence-electron chi connectivity index (χ0n) is 8.96. The van der Waals surface area contributed by atoms with Gasteiger partial charge in [-0.25, -0.2) is 0 Å². The molecule has 3 heterocycles. The molecule has 0 saturated carbocycles. The first-order valence-corrected chi connectivity index (χ1v) is 6.20. The Labute approximate surface area is 101 Å². The summed E-state index contributed by atoms with van der Waals surface area (Å²) < 4.78 is 10.4. The van der Waals surface area contributed by atoms with Gasteiger partial charge in [-0.3, -0.25) is 4.79 Å². The van der Waals surface area contributed by atoms with Crippen LogP contribution in [0.5, 0.6) is 0 Å². The van der Waals surface area contributed by atoms with Gasteiger partial charge >= 0.3 is 0 Å². The van der Waals surface area contributed by atoms with E-state index in [1.165, 1.54) is 11.3 Å². The Hall–Kier alpha value is -1.53. The van der Waals surface area contributed by atoms with E-state index in [0.717, 1.165) is 4.88 Å². The van der Waals surface area contributed by atoms with Crippen molar-refractivity contribution >= 4 is 17.1 Å². The van der Waals surface area contributed by atoms with E-state index in [0.29, 0.717) is 31.3 Å². The first-order valence-electron chi connectivity index (χ1n) is 5.32. The van der Waals surface area contributed by atoms with Gasteiger partial charge in [-0.1, -0.05) is 11.2 Å². The van der Waals surface area contributed by atoms with Crippen molar-refractivity contribution in [2.45, 2.75) is 12.3 Å². The highest BCUT2D eigenvalue weighted by molar-refractivity contribution is 7.13. The summed E-state index contributed by atoms with van der Waals surface area (Å²) in [5.41, 5.74) is 0. The third kappa shape index (κ3) is 2.01. The molecule has 2 aromatic heterocycles. The second-order valence-electron chi connectivity index (χ2n) is 3.78. The number of Topliss-reactive ketones (excluding diaryl/α,β-unsaturated/α-hetero) is 1. The topological polar surface area (TPSA) is 65.2 Å². The van der Waals surface area contributed by atoms with Crippen molar-refractivity contribution in [3.05, 3.63) is 23.4 Å². The maximum Gasteiger partial charge on any atom is 0.239 e. The van der Waals surface area contributed by atoms with Crippen LogP contribution in [0.2, 0.25) is 0 Å². The Kier molecular flexibility index (Phi) is 2.74. The SMILES string of the molecule is O=C1CCOCC1c1nc(-c2cccs2)no1. The van der Waals surface area contributed by atoms with Crippen LogP contribution in [0.3, 0.4) is 0 Å². The van der Waals surface area contributed by atoms with Gasteiger partial charge in [0.2, 0.25) is 11.7 Å². The number of carbonyl (C=O) groups is 1. The first-order chi connectivity index (χ1) is 8.34. The number of nitrogens with zero attached hydrogens (tertiary/aromatic N) is 2. The summed E-state index contributed by atoms with van der Waals surface area (Å²) in [4.78, 5) is 16.9. The van der Waals surface area contributed by atoms with Gasteiger partial charge in [0, 0.05) is 6.42 Å². The molecule has 1 fully saturated rings. The summed E-state index contributed by atoms with van der Waals surface area (Å²) in [6.45, 7) is 0.826. The lowest BCUT2D eigenvalue weighted by Gasteiger charge is -2.16. The number of hydrogen-bond acceptors (Lipinski definition) is 6. The quantitative estimate of drug-likeness (QED) is 0.814. The highest BCUT2D eigenvalue weighted by Gasteiger charge is 2.29. The third-order valence-electron chi connectivity index (χ3n) is 2.65. The van der Waals surface area contributed by atoms with Crippen LogP contribution in [0.25, 0.3) is 10.7 Å². The number of rotatable bonds is 2. The average molecular weight is 250 g/mol. The molecular weight excluding hydrogens is 240 g/mol. The van der Waals surface area contributed by atoms with Crippen molar-refractivity contribution < 1.29 is 14.1 Å². The van der Waals surface area contributed by atoms with E-state index < -0.39 is 5.92 Å². The maximum absolute atomic E-state index is 11.7. The summed E-state index contributed by atoms with van der Waals surface area (Å²) in [5, 5.41) is 5.83. The Morgan fingerprint density at radius 3 is 3.18 bits per heavy atom. The van der Waals surface area contributed by atoms with Crippen LogP contribution in [0.1, 0.15) is 18.2 Å². The fourth-order valence-electron chi connectivity index (χ4n) is 1.73. The molecule has 0 N–H and O–H groups in total. The Morgan fingerprint density at radius 2 is 2.41 bits per heavy atom. The zero-order valence-corrected chi connectivity index (χ0v) is 9.77. The molecule has 0 amide bonds. The molecule has 17 heavy (non-hydrogen) atoms. The Balaban J connectivity index is 1.87. The molecule has 1 atom stereocenters. The predicted octanol–water partition coefficient (Wildman–Crippen LogP) is 1.87. The number of ketones is 1.